The molecule has 0 radical (unpaired) electrons. The summed E-state index contributed by atoms with van der Waals surface area (Å²) in [5, 5.41) is 16.2. The van der Waals surface area contributed by atoms with Gasteiger partial charge in [-0.3, -0.25) is 19.7 Å². The van der Waals surface area contributed by atoms with Gasteiger partial charge >= 0.3 is 0 Å². The normalized spacial score (nSPS) is 10.1. The molecular formula is C16H14ClN3O4. The van der Waals surface area contributed by atoms with Crippen molar-refractivity contribution >= 4 is 34.8 Å². The van der Waals surface area contributed by atoms with Gasteiger partial charge in [-0.25, -0.2) is 0 Å². The van der Waals surface area contributed by atoms with Crippen LogP contribution in [0.5, 0.6) is 0 Å². The lowest BCUT2D eigenvalue weighted by molar-refractivity contribution is -0.384. The number of carbonyl (C=O) groups excluding carboxylic acids is 2. The second-order valence-electron chi connectivity index (χ2n) is 4.98. The second kappa shape index (κ2) is 7.10. The molecule has 0 aliphatic carbocycles. The highest BCUT2D eigenvalue weighted by Crippen LogP contribution is 2.23. The van der Waals surface area contributed by atoms with Crippen LogP contribution in [0.1, 0.15) is 26.3 Å². The van der Waals surface area contributed by atoms with E-state index in [1.54, 1.807) is 13.0 Å². The third kappa shape index (κ3) is 3.69. The maximum atomic E-state index is 12.4. The smallest absolute Gasteiger partial charge is 0.269 e. The van der Waals surface area contributed by atoms with Crippen molar-refractivity contribution in [2.75, 3.05) is 12.4 Å². The average Bonchev–Trinajstić information content (AvgIpc) is 2.55. The van der Waals surface area contributed by atoms with Crippen LogP contribution in [0, 0.1) is 17.0 Å². The predicted molar refractivity (Wildman–Crippen MR) is 90.6 cm³/mol. The van der Waals surface area contributed by atoms with E-state index in [1.165, 1.54) is 37.4 Å². The number of nitro benzene ring substituents is 1. The molecule has 8 heteroatoms. The minimum absolute atomic E-state index is 0.0957. The summed E-state index contributed by atoms with van der Waals surface area (Å²) < 4.78 is 0. The van der Waals surface area contributed by atoms with Crippen LogP contribution in [0.25, 0.3) is 0 Å². The summed E-state index contributed by atoms with van der Waals surface area (Å²) in [4.78, 5) is 34.5. The topological polar surface area (TPSA) is 101 Å². The van der Waals surface area contributed by atoms with E-state index >= 15 is 0 Å². The zero-order chi connectivity index (χ0) is 17.9. The number of rotatable bonds is 4. The van der Waals surface area contributed by atoms with Crippen molar-refractivity contribution in [3.63, 3.8) is 0 Å². The van der Waals surface area contributed by atoms with Crippen LogP contribution in [-0.2, 0) is 0 Å². The fraction of sp³-hybridized carbons (Fsp3) is 0.125. The number of nitrogens with one attached hydrogen (secondary N) is 2. The molecule has 2 aromatic rings. The van der Waals surface area contributed by atoms with Gasteiger partial charge in [0.15, 0.2) is 0 Å². The van der Waals surface area contributed by atoms with E-state index in [9.17, 15) is 19.7 Å². The summed E-state index contributed by atoms with van der Waals surface area (Å²) in [7, 11) is 1.47. The third-order valence-corrected chi connectivity index (χ3v) is 3.60. The maximum Gasteiger partial charge on any atom is 0.269 e. The number of amides is 2. The third-order valence-electron chi connectivity index (χ3n) is 3.37. The van der Waals surface area contributed by atoms with Crippen molar-refractivity contribution in [2.24, 2.45) is 0 Å². The lowest BCUT2D eigenvalue weighted by Crippen LogP contribution is -2.22. The summed E-state index contributed by atoms with van der Waals surface area (Å²) in [6.45, 7) is 1.60. The van der Waals surface area contributed by atoms with Gasteiger partial charge < -0.3 is 10.6 Å². The first-order chi connectivity index (χ1) is 11.3. The molecule has 0 spiro atoms. The minimum atomic E-state index is -0.530. The van der Waals surface area contributed by atoms with Crippen LogP contribution < -0.4 is 10.6 Å². The van der Waals surface area contributed by atoms with Crippen LogP contribution in [0.15, 0.2) is 36.4 Å². The molecule has 2 N–H and O–H groups in total. The average molecular weight is 348 g/mol. The Bertz CT molecular complexity index is 836. The molecular weight excluding hydrogens is 334 g/mol. The number of halogens is 1. The standard InChI is InChI=1S/C16H14ClN3O4/c1-9-7-11(20(23)24)4-5-12(9)16(22)19-14-6-3-10(17)8-13(14)15(21)18-2/h3-8H,1-2H3,(H,18,21)(H,19,22). The first-order valence-corrected chi connectivity index (χ1v) is 7.29. The molecule has 7 nitrogen and oxygen atoms in total. The minimum Gasteiger partial charge on any atom is -0.355 e. The second-order valence-corrected chi connectivity index (χ2v) is 5.42. The van der Waals surface area contributed by atoms with E-state index < -0.39 is 16.7 Å². The number of anilines is 1. The van der Waals surface area contributed by atoms with Crippen LogP contribution in [-0.4, -0.2) is 23.8 Å². The highest BCUT2D eigenvalue weighted by molar-refractivity contribution is 6.31. The van der Waals surface area contributed by atoms with Crippen molar-refractivity contribution in [1.29, 1.82) is 0 Å². The number of benzene rings is 2. The fourth-order valence-electron chi connectivity index (χ4n) is 2.15. The van der Waals surface area contributed by atoms with E-state index in [2.05, 4.69) is 10.6 Å². The molecule has 0 heterocycles. The van der Waals surface area contributed by atoms with E-state index in [0.29, 0.717) is 16.3 Å². The van der Waals surface area contributed by atoms with E-state index in [0.717, 1.165) is 0 Å². The van der Waals surface area contributed by atoms with Crippen molar-refractivity contribution in [3.8, 4) is 0 Å². The lowest BCUT2D eigenvalue weighted by atomic mass is 10.1. The van der Waals surface area contributed by atoms with Gasteiger partial charge in [-0.15, -0.1) is 0 Å². The Morgan fingerprint density at radius 2 is 1.79 bits per heavy atom. The summed E-state index contributed by atoms with van der Waals surface area (Å²) in [6, 6.07) is 8.45. The monoisotopic (exact) mass is 347 g/mol. The summed E-state index contributed by atoms with van der Waals surface area (Å²) >= 11 is 5.89. The Hall–Kier alpha value is -2.93. The fourth-order valence-corrected chi connectivity index (χ4v) is 2.33. The van der Waals surface area contributed by atoms with Gasteiger partial charge in [-0.05, 0) is 36.8 Å². The van der Waals surface area contributed by atoms with E-state index in [4.69, 9.17) is 11.6 Å². The van der Waals surface area contributed by atoms with Gasteiger partial charge in [0.1, 0.15) is 0 Å². The number of non-ortho nitro benzene ring substituents is 1. The Morgan fingerprint density at radius 1 is 1.08 bits per heavy atom. The number of carbonyl (C=O) groups is 2. The first-order valence-electron chi connectivity index (χ1n) is 6.91. The highest BCUT2D eigenvalue weighted by Gasteiger charge is 2.17. The Morgan fingerprint density at radius 3 is 2.38 bits per heavy atom. The number of hydrogen-bond donors (Lipinski definition) is 2. The molecule has 0 saturated heterocycles. The molecule has 0 aromatic heterocycles. The molecule has 0 aliphatic heterocycles. The summed E-state index contributed by atoms with van der Waals surface area (Å²) in [5.41, 5.74) is 1.15. The molecule has 0 bridgehead atoms. The lowest BCUT2D eigenvalue weighted by Gasteiger charge is -2.12. The van der Waals surface area contributed by atoms with Crippen LogP contribution in [0.2, 0.25) is 5.02 Å². The van der Waals surface area contributed by atoms with Crippen LogP contribution in [0.4, 0.5) is 11.4 Å². The van der Waals surface area contributed by atoms with Crippen LogP contribution in [0.3, 0.4) is 0 Å². The molecule has 2 aromatic carbocycles. The first kappa shape index (κ1) is 17.4. The molecule has 0 unspecified atom stereocenters. The van der Waals surface area contributed by atoms with Crippen molar-refractivity contribution in [1.82, 2.24) is 5.32 Å². The number of hydrogen-bond acceptors (Lipinski definition) is 4. The Balaban J connectivity index is 2.34. The molecule has 0 atom stereocenters. The molecule has 0 saturated carbocycles. The molecule has 2 amide bonds. The predicted octanol–water partition coefficient (Wildman–Crippen LogP) is 3.17. The van der Waals surface area contributed by atoms with Gasteiger partial charge in [-0.1, -0.05) is 11.6 Å². The largest absolute Gasteiger partial charge is 0.355 e. The van der Waals surface area contributed by atoms with Crippen molar-refractivity contribution < 1.29 is 14.5 Å². The van der Waals surface area contributed by atoms with Crippen molar-refractivity contribution in [2.45, 2.75) is 6.92 Å². The summed E-state index contributed by atoms with van der Waals surface area (Å²) in [5.74, 6) is -0.872. The van der Waals surface area contributed by atoms with E-state index in [-0.39, 0.29) is 16.8 Å². The molecule has 124 valence electrons. The van der Waals surface area contributed by atoms with Gasteiger partial charge in [0.25, 0.3) is 17.5 Å². The molecule has 2 rings (SSSR count). The highest BCUT2D eigenvalue weighted by atomic mass is 35.5. The van der Waals surface area contributed by atoms with Gasteiger partial charge in [-0.2, -0.15) is 0 Å². The number of aryl methyl sites for hydroxylation is 1. The van der Waals surface area contributed by atoms with Gasteiger partial charge in [0, 0.05) is 29.8 Å². The van der Waals surface area contributed by atoms with Crippen molar-refractivity contribution in [3.05, 3.63) is 68.2 Å². The molecule has 0 aliphatic rings. The number of nitrogens with zero attached hydrogens (tertiary/aromatic N) is 1. The molecule has 24 heavy (non-hydrogen) atoms. The zero-order valence-electron chi connectivity index (χ0n) is 12.9. The number of nitro groups is 1. The van der Waals surface area contributed by atoms with Crippen LogP contribution >= 0.6 is 11.6 Å². The SMILES string of the molecule is CNC(=O)c1cc(Cl)ccc1NC(=O)c1ccc([N+](=O)[O-])cc1C. The van der Waals surface area contributed by atoms with E-state index in [1.807, 2.05) is 0 Å². The Kier molecular flexibility index (Phi) is 5.15. The summed E-state index contributed by atoms with van der Waals surface area (Å²) in [6.07, 6.45) is 0. The maximum absolute atomic E-state index is 12.4. The van der Waals surface area contributed by atoms with Gasteiger partial charge in [0.05, 0.1) is 16.2 Å². The molecule has 0 fully saturated rings. The van der Waals surface area contributed by atoms with Gasteiger partial charge in [0.2, 0.25) is 0 Å². The zero-order valence-corrected chi connectivity index (χ0v) is 13.7. The Labute approximate surface area is 142 Å². The quantitative estimate of drug-likeness (QED) is 0.655.